The summed E-state index contributed by atoms with van der Waals surface area (Å²) in [7, 11) is 0. The highest BCUT2D eigenvalue weighted by molar-refractivity contribution is 6.34. The van der Waals surface area contributed by atoms with Crippen molar-refractivity contribution in [3.8, 4) is 0 Å². The molecule has 2 aliphatic rings. The molecule has 6 heteroatoms. The van der Waals surface area contributed by atoms with Gasteiger partial charge in [0.25, 0.3) is 6.23 Å². The number of ketones is 1. The minimum atomic E-state index is -1.32. The van der Waals surface area contributed by atoms with E-state index in [2.05, 4.69) is 9.73 Å². The number of hydrogen-bond donors (Lipinski definition) is 0. The van der Waals surface area contributed by atoms with Crippen LogP contribution in [0, 0.1) is 0 Å². The second kappa shape index (κ2) is 3.24. The molecule has 2 aliphatic heterocycles. The Kier molecular flexibility index (Phi) is 1.85. The van der Waals surface area contributed by atoms with Crippen LogP contribution in [0.25, 0.3) is 0 Å². The first-order valence-electron chi connectivity index (χ1n) is 4.81. The average Bonchev–Trinajstić information content (AvgIpc) is 2.46. The van der Waals surface area contributed by atoms with Crippen molar-refractivity contribution >= 4 is 23.6 Å². The van der Waals surface area contributed by atoms with E-state index in [1.165, 1.54) is 0 Å². The van der Waals surface area contributed by atoms with Crippen LogP contribution in [0.3, 0.4) is 0 Å². The molecule has 1 aromatic rings. The number of carbonyl (C=O) groups excluding carboxylic acids is 3. The molecule has 2 heterocycles. The number of fused-ring (bicyclic) bond motifs is 3. The van der Waals surface area contributed by atoms with Gasteiger partial charge in [-0.2, -0.15) is 4.99 Å². The minimum absolute atomic E-state index is 0.0546. The summed E-state index contributed by atoms with van der Waals surface area (Å²) in [6.07, 6.45) is -1.32. The van der Waals surface area contributed by atoms with Crippen molar-refractivity contribution < 1.29 is 23.9 Å². The number of hydrogen-bond acceptors (Lipinski definition) is 6. The summed E-state index contributed by atoms with van der Waals surface area (Å²) in [4.78, 5) is 38.0. The van der Waals surface area contributed by atoms with E-state index < -0.39 is 23.9 Å². The largest absolute Gasteiger partial charge is 0.424 e. The number of nitrogens with zero attached hydrogens (tertiary/aromatic N) is 1. The van der Waals surface area contributed by atoms with Gasteiger partial charge in [0.05, 0.1) is 0 Å². The van der Waals surface area contributed by atoms with Gasteiger partial charge < -0.3 is 9.47 Å². The lowest BCUT2D eigenvalue weighted by Crippen LogP contribution is -2.29. The zero-order chi connectivity index (χ0) is 12.0. The third-order valence-electron chi connectivity index (χ3n) is 2.46. The van der Waals surface area contributed by atoms with E-state index in [0.717, 1.165) is 0 Å². The number of benzene rings is 1. The summed E-state index contributed by atoms with van der Waals surface area (Å²) in [6, 6.07) is 6.49. The van der Waals surface area contributed by atoms with Crippen molar-refractivity contribution in [2.75, 3.05) is 0 Å². The summed E-state index contributed by atoms with van der Waals surface area (Å²) in [5.41, 5.74) is 0.713. The predicted octanol–water partition coefficient (Wildman–Crippen LogP) is 0.0556. The third kappa shape index (κ3) is 1.34. The van der Waals surface area contributed by atoms with Crippen LogP contribution < -0.4 is 0 Å². The highest BCUT2D eigenvalue weighted by Gasteiger charge is 2.39. The fourth-order valence-electron chi connectivity index (χ4n) is 1.69. The van der Waals surface area contributed by atoms with Crippen LogP contribution in [0.2, 0.25) is 0 Å². The van der Waals surface area contributed by atoms with Gasteiger partial charge in [-0.05, 0) is 6.07 Å². The Hall–Kier alpha value is -2.50. The Morgan fingerprint density at radius 3 is 2.47 bits per heavy atom. The van der Waals surface area contributed by atoms with Gasteiger partial charge in [-0.15, -0.1) is 0 Å². The van der Waals surface area contributed by atoms with Gasteiger partial charge in [-0.25, -0.2) is 9.59 Å². The maximum absolute atomic E-state index is 11.9. The number of aliphatic imine (C=N–C) groups is 1. The molecule has 1 atom stereocenters. The molecule has 3 rings (SSSR count). The minimum Gasteiger partial charge on any atom is -0.423 e. The number of rotatable bonds is 0. The third-order valence-corrected chi connectivity index (χ3v) is 2.46. The maximum atomic E-state index is 11.9. The van der Waals surface area contributed by atoms with Crippen LogP contribution in [-0.2, 0) is 19.1 Å². The molecule has 2 bridgehead atoms. The number of ether oxygens (including phenoxy) is 2. The van der Waals surface area contributed by atoms with Gasteiger partial charge in [0.15, 0.2) is 0 Å². The Morgan fingerprint density at radius 1 is 1.00 bits per heavy atom. The molecule has 0 amide bonds. The highest BCUT2D eigenvalue weighted by atomic mass is 16.6. The van der Waals surface area contributed by atoms with Crippen molar-refractivity contribution in [1.29, 1.82) is 0 Å². The SMILES string of the molecule is O=C1OC2=NC(OC1=O)C(=O)c1ccccc12. The van der Waals surface area contributed by atoms with Crippen molar-refractivity contribution in [3.63, 3.8) is 0 Å². The van der Waals surface area contributed by atoms with Crippen LogP contribution >= 0.6 is 0 Å². The molecule has 0 saturated heterocycles. The second-order valence-corrected chi connectivity index (χ2v) is 3.49. The van der Waals surface area contributed by atoms with E-state index in [4.69, 9.17) is 4.74 Å². The lowest BCUT2D eigenvalue weighted by Gasteiger charge is -2.16. The molecule has 1 aromatic carbocycles. The Labute approximate surface area is 94.9 Å². The van der Waals surface area contributed by atoms with Crippen molar-refractivity contribution in [2.24, 2.45) is 4.99 Å². The predicted molar refractivity (Wildman–Crippen MR) is 53.3 cm³/mol. The Balaban J connectivity index is 2.19. The van der Waals surface area contributed by atoms with Crippen LogP contribution in [0.15, 0.2) is 29.3 Å². The molecule has 0 aromatic heterocycles. The van der Waals surface area contributed by atoms with E-state index >= 15 is 0 Å². The molecule has 6 nitrogen and oxygen atoms in total. The van der Waals surface area contributed by atoms with Gasteiger partial charge in [0.2, 0.25) is 11.7 Å². The van der Waals surface area contributed by atoms with Gasteiger partial charge in [0.1, 0.15) is 0 Å². The van der Waals surface area contributed by atoms with E-state index in [-0.39, 0.29) is 5.90 Å². The number of esters is 2. The smallest absolute Gasteiger partial charge is 0.423 e. The first-order valence-corrected chi connectivity index (χ1v) is 4.81. The molecule has 84 valence electrons. The normalized spacial score (nSPS) is 22.0. The molecule has 0 saturated carbocycles. The summed E-state index contributed by atoms with van der Waals surface area (Å²) in [5.74, 6) is -2.90. The fourth-order valence-corrected chi connectivity index (χ4v) is 1.69. The van der Waals surface area contributed by atoms with Crippen LogP contribution in [0.4, 0.5) is 0 Å². The Bertz CT molecular complexity index is 589. The monoisotopic (exact) mass is 231 g/mol. The summed E-state index contributed by atoms with van der Waals surface area (Å²) in [5, 5.41) is 0. The van der Waals surface area contributed by atoms with E-state index in [0.29, 0.717) is 11.1 Å². The zero-order valence-corrected chi connectivity index (χ0v) is 8.38. The van der Waals surface area contributed by atoms with Gasteiger partial charge in [-0.1, -0.05) is 18.2 Å². The zero-order valence-electron chi connectivity index (χ0n) is 8.38. The second-order valence-electron chi connectivity index (χ2n) is 3.49. The van der Waals surface area contributed by atoms with Crippen LogP contribution in [0.1, 0.15) is 15.9 Å². The van der Waals surface area contributed by atoms with Crippen molar-refractivity contribution in [1.82, 2.24) is 0 Å². The topological polar surface area (TPSA) is 82.0 Å². The molecule has 0 spiro atoms. The maximum Gasteiger partial charge on any atom is 0.424 e. The first kappa shape index (κ1) is 9.71. The van der Waals surface area contributed by atoms with Crippen molar-refractivity contribution in [2.45, 2.75) is 6.23 Å². The van der Waals surface area contributed by atoms with E-state index in [1.54, 1.807) is 24.3 Å². The van der Waals surface area contributed by atoms with Crippen LogP contribution in [-0.4, -0.2) is 29.8 Å². The van der Waals surface area contributed by atoms with Crippen molar-refractivity contribution in [3.05, 3.63) is 35.4 Å². The molecule has 0 fully saturated rings. The standard InChI is InChI=1S/C11H5NO5/c13-7-5-3-1-2-4-6(5)8-12-9(7)17-11(15)10(14)16-8/h1-4,9H. The quantitative estimate of drug-likeness (QED) is 0.465. The number of Topliss-reactive ketones (excluding diaryl/α,β-unsaturated/α-hetero) is 1. The molecule has 17 heavy (non-hydrogen) atoms. The lowest BCUT2D eigenvalue weighted by atomic mass is 10.00. The van der Waals surface area contributed by atoms with E-state index in [1.807, 2.05) is 0 Å². The molecular weight excluding hydrogens is 226 g/mol. The molecule has 0 radical (unpaired) electrons. The average molecular weight is 231 g/mol. The van der Waals surface area contributed by atoms with Crippen LogP contribution in [0.5, 0.6) is 0 Å². The first-order chi connectivity index (χ1) is 8.16. The number of carbonyl (C=O) groups is 3. The highest BCUT2D eigenvalue weighted by Crippen LogP contribution is 2.23. The van der Waals surface area contributed by atoms with Gasteiger partial charge >= 0.3 is 11.9 Å². The molecule has 0 N–H and O–H groups in total. The Morgan fingerprint density at radius 2 is 1.71 bits per heavy atom. The van der Waals surface area contributed by atoms with E-state index in [9.17, 15) is 14.4 Å². The summed E-state index contributed by atoms with van der Waals surface area (Å²) >= 11 is 0. The molecule has 1 unspecified atom stereocenters. The van der Waals surface area contributed by atoms with Gasteiger partial charge in [0, 0.05) is 11.1 Å². The summed E-state index contributed by atoms with van der Waals surface area (Å²) < 4.78 is 9.37. The fraction of sp³-hybridized carbons (Fsp3) is 0.0909. The van der Waals surface area contributed by atoms with Gasteiger partial charge in [-0.3, -0.25) is 4.79 Å². The summed E-state index contributed by atoms with van der Waals surface area (Å²) in [6.45, 7) is 0. The lowest BCUT2D eigenvalue weighted by molar-refractivity contribution is -0.163. The molecular formula is C11H5NO5. The molecule has 0 aliphatic carbocycles.